The summed E-state index contributed by atoms with van der Waals surface area (Å²) in [6, 6.07) is 6.15. The molecule has 0 spiro atoms. The summed E-state index contributed by atoms with van der Waals surface area (Å²) in [5, 5.41) is 6.62. The second kappa shape index (κ2) is 9.03. The van der Waals surface area contributed by atoms with E-state index in [4.69, 9.17) is 0 Å². The largest absolute Gasteiger partial charge is 0.353 e. The summed E-state index contributed by atoms with van der Waals surface area (Å²) in [6.07, 6.45) is 7.64. The smallest absolute Gasteiger partial charge is 0.252 e. The Morgan fingerprint density at radius 2 is 2.15 bits per heavy atom. The molecule has 2 aromatic rings. The highest BCUT2D eigenvalue weighted by Crippen LogP contribution is 2.30. The van der Waals surface area contributed by atoms with Crippen LogP contribution in [-0.4, -0.2) is 34.4 Å². The highest BCUT2D eigenvalue weighted by molar-refractivity contribution is 7.08. The summed E-state index contributed by atoms with van der Waals surface area (Å²) in [7, 11) is 2.04. The molecule has 0 saturated carbocycles. The molecule has 1 atom stereocenters. The lowest BCUT2D eigenvalue weighted by molar-refractivity contribution is -0.133. The quantitative estimate of drug-likeness (QED) is 0.784. The van der Waals surface area contributed by atoms with Crippen molar-refractivity contribution in [3.8, 4) is 0 Å². The van der Waals surface area contributed by atoms with Crippen LogP contribution in [-0.2, 0) is 11.8 Å². The van der Waals surface area contributed by atoms with Crippen LogP contribution >= 0.6 is 11.3 Å². The van der Waals surface area contributed by atoms with Gasteiger partial charge in [0.05, 0.1) is 6.04 Å². The summed E-state index contributed by atoms with van der Waals surface area (Å²) in [5.74, 6) is 0.137. The Bertz CT molecular complexity index is 723. The van der Waals surface area contributed by atoms with Gasteiger partial charge in [0.1, 0.15) is 0 Å². The number of thiophene rings is 1. The van der Waals surface area contributed by atoms with Crippen LogP contribution in [0.2, 0.25) is 0 Å². The lowest BCUT2D eigenvalue weighted by Crippen LogP contribution is -2.36. The zero-order chi connectivity index (χ0) is 18.4. The molecule has 3 rings (SSSR count). The molecule has 5 nitrogen and oxygen atoms in total. The summed E-state index contributed by atoms with van der Waals surface area (Å²) in [5.41, 5.74) is 1.91. The first kappa shape index (κ1) is 18.7. The van der Waals surface area contributed by atoms with Gasteiger partial charge in [0.25, 0.3) is 5.91 Å². The van der Waals surface area contributed by atoms with E-state index in [-0.39, 0.29) is 17.9 Å². The Hall–Kier alpha value is -2.08. The Morgan fingerprint density at radius 1 is 1.27 bits per heavy atom. The van der Waals surface area contributed by atoms with E-state index in [0.29, 0.717) is 24.9 Å². The van der Waals surface area contributed by atoms with Crippen molar-refractivity contribution in [2.24, 2.45) is 7.05 Å². The molecule has 6 heteroatoms. The second-order valence-corrected chi connectivity index (χ2v) is 7.65. The van der Waals surface area contributed by atoms with Gasteiger partial charge in [-0.1, -0.05) is 12.8 Å². The van der Waals surface area contributed by atoms with Crippen LogP contribution in [0.1, 0.15) is 60.6 Å². The fourth-order valence-corrected chi connectivity index (χ4v) is 4.25. The Balaban J connectivity index is 1.53. The van der Waals surface area contributed by atoms with E-state index in [1.165, 1.54) is 23.5 Å². The van der Waals surface area contributed by atoms with Gasteiger partial charge in [0, 0.05) is 49.4 Å². The molecule has 1 N–H and O–H groups in total. The van der Waals surface area contributed by atoms with Crippen LogP contribution in [0, 0.1) is 0 Å². The van der Waals surface area contributed by atoms with Crippen molar-refractivity contribution < 1.29 is 9.59 Å². The maximum Gasteiger partial charge on any atom is 0.252 e. The summed E-state index contributed by atoms with van der Waals surface area (Å²) in [4.78, 5) is 26.8. The molecule has 1 saturated heterocycles. The van der Waals surface area contributed by atoms with Gasteiger partial charge in [0.2, 0.25) is 5.91 Å². The van der Waals surface area contributed by atoms with Crippen molar-refractivity contribution >= 4 is 23.2 Å². The highest BCUT2D eigenvalue weighted by atomic mass is 32.1. The Kier molecular flexibility index (Phi) is 6.50. The molecule has 1 aliphatic rings. The van der Waals surface area contributed by atoms with Crippen LogP contribution in [0.5, 0.6) is 0 Å². The summed E-state index contributed by atoms with van der Waals surface area (Å²) in [6.45, 7) is 1.36. The van der Waals surface area contributed by atoms with Crippen molar-refractivity contribution in [2.45, 2.75) is 44.6 Å². The number of likely N-dealkylation sites (tertiary alicyclic amines) is 1. The molecule has 1 fully saturated rings. The number of amides is 2. The second-order valence-electron chi connectivity index (χ2n) is 6.87. The van der Waals surface area contributed by atoms with Gasteiger partial charge in [-0.15, -0.1) is 0 Å². The fourth-order valence-electron chi connectivity index (χ4n) is 3.62. The number of nitrogens with zero attached hydrogens (tertiary/aromatic N) is 2. The van der Waals surface area contributed by atoms with E-state index in [1.54, 1.807) is 0 Å². The molecule has 1 unspecified atom stereocenters. The SMILES string of the molecule is Cn1cccc1C1CCCCCN1C(=O)CCCNC(=O)c1ccsc1. The van der Waals surface area contributed by atoms with Gasteiger partial charge in [-0.05, 0) is 42.8 Å². The molecule has 2 aromatic heterocycles. The predicted octanol–water partition coefficient (Wildman–Crippen LogP) is 3.74. The van der Waals surface area contributed by atoms with Gasteiger partial charge in [0.15, 0.2) is 0 Å². The maximum absolute atomic E-state index is 12.8. The first-order chi connectivity index (χ1) is 12.7. The van der Waals surface area contributed by atoms with Crippen LogP contribution in [0.3, 0.4) is 0 Å². The number of rotatable bonds is 6. The first-order valence-electron chi connectivity index (χ1n) is 9.38. The minimum atomic E-state index is -0.0600. The van der Waals surface area contributed by atoms with Crippen molar-refractivity contribution in [3.05, 3.63) is 46.4 Å². The zero-order valence-electron chi connectivity index (χ0n) is 15.3. The van der Waals surface area contributed by atoms with E-state index < -0.39 is 0 Å². The molecule has 140 valence electrons. The minimum absolute atomic E-state index is 0.0600. The molecule has 0 aromatic carbocycles. The third-order valence-corrected chi connectivity index (χ3v) is 5.72. The standard InChI is InChI=1S/C20H27N3O2S/c1-22-12-6-8-17(22)18-7-3-2-4-13-23(18)19(24)9-5-11-21-20(25)16-10-14-26-15-16/h6,8,10,12,14-15,18H,2-5,7,9,11,13H2,1H3,(H,21,25). The van der Waals surface area contributed by atoms with Crippen molar-refractivity contribution in [1.29, 1.82) is 0 Å². The number of aryl methyl sites for hydroxylation is 1. The van der Waals surface area contributed by atoms with E-state index in [0.717, 1.165) is 25.8 Å². The van der Waals surface area contributed by atoms with E-state index in [2.05, 4.69) is 20.9 Å². The van der Waals surface area contributed by atoms with Gasteiger partial charge < -0.3 is 14.8 Å². The molecular weight excluding hydrogens is 346 g/mol. The average molecular weight is 374 g/mol. The minimum Gasteiger partial charge on any atom is -0.353 e. The van der Waals surface area contributed by atoms with Crippen molar-refractivity contribution in [2.75, 3.05) is 13.1 Å². The van der Waals surface area contributed by atoms with Crippen LogP contribution in [0.4, 0.5) is 0 Å². The first-order valence-corrected chi connectivity index (χ1v) is 10.3. The fraction of sp³-hybridized carbons (Fsp3) is 0.500. The highest BCUT2D eigenvalue weighted by Gasteiger charge is 2.27. The maximum atomic E-state index is 12.8. The van der Waals surface area contributed by atoms with Gasteiger partial charge in [-0.3, -0.25) is 9.59 Å². The van der Waals surface area contributed by atoms with Crippen molar-refractivity contribution in [3.63, 3.8) is 0 Å². The van der Waals surface area contributed by atoms with Crippen LogP contribution in [0.15, 0.2) is 35.2 Å². The number of hydrogen-bond donors (Lipinski definition) is 1. The number of carbonyl (C=O) groups is 2. The lowest BCUT2D eigenvalue weighted by Gasteiger charge is -2.31. The molecule has 2 amide bonds. The van der Waals surface area contributed by atoms with E-state index >= 15 is 0 Å². The number of hydrogen-bond acceptors (Lipinski definition) is 3. The van der Waals surface area contributed by atoms with Crippen molar-refractivity contribution in [1.82, 2.24) is 14.8 Å². The summed E-state index contributed by atoms with van der Waals surface area (Å²) < 4.78 is 2.12. The molecule has 1 aliphatic heterocycles. The number of aromatic nitrogens is 1. The third-order valence-electron chi connectivity index (χ3n) is 5.03. The molecule has 0 radical (unpaired) electrons. The summed E-state index contributed by atoms with van der Waals surface area (Å²) >= 11 is 1.51. The monoisotopic (exact) mass is 373 g/mol. The lowest BCUT2D eigenvalue weighted by atomic mass is 10.1. The topological polar surface area (TPSA) is 54.3 Å². The third kappa shape index (κ3) is 4.55. The predicted molar refractivity (Wildman–Crippen MR) is 104 cm³/mol. The Morgan fingerprint density at radius 3 is 2.88 bits per heavy atom. The van der Waals surface area contributed by atoms with Gasteiger partial charge in [-0.2, -0.15) is 11.3 Å². The number of nitrogens with one attached hydrogen (secondary N) is 1. The van der Waals surface area contributed by atoms with E-state index in [1.807, 2.05) is 36.1 Å². The number of carbonyl (C=O) groups excluding carboxylic acids is 2. The van der Waals surface area contributed by atoms with E-state index in [9.17, 15) is 9.59 Å². The molecule has 0 bridgehead atoms. The normalized spacial score (nSPS) is 17.7. The van der Waals surface area contributed by atoms with Crippen LogP contribution < -0.4 is 5.32 Å². The molecular formula is C20H27N3O2S. The van der Waals surface area contributed by atoms with Gasteiger partial charge in [-0.25, -0.2) is 0 Å². The molecule has 0 aliphatic carbocycles. The van der Waals surface area contributed by atoms with Gasteiger partial charge >= 0.3 is 0 Å². The van der Waals surface area contributed by atoms with Crippen LogP contribution in [0.25, 0.3) is 0 Å². The molecule has 3 heterocycles. The molecule has 26 heavy (non-hydrogen) atoms. The zero-order valence-corrected chi connectivity index (χ0v) is 16.1. The average Bonchev–Trinajstić information content (AvgIpc) is 3.25. The Labute approximate surface area is 159 Å².